The van der Waals surface area contributed by atoms with Crippen molar-refractivity contribution >= 4 is 35.0 Å². The van der Waals surface area contributed by atoms with E-state index in [2.05, 4.69) is 0 Å². The fraction of sp³-hybridized carbons (Fsp3) is 0. The summed E-state index contributed by atoms with van der Waals surface area (Å²) >= 11 is 5.97. The fourth-order valence-corrected chi connectivity index (χ4v) is 1.76. The predicted molar refractivity (Wildman–Crippen MR) is 58.8 cm³/mol. The molecule has 2 nitrogen and oxygen atoms in total. The zero-order valence-corrected chi connectivity index (χ0v) is 8.07. The van der Waals surface area contributed by atoms with Crippen LogP contribution in [0.4, 0.5) is 0 Å². The van der Waals surface area contributed by atoms with Crippen molar-refractivity contribution in [2.24, 2.45) is 0 Å². The Hall–Kier alpha value is -1.03. The largest absolute Gasteiger partial charge is 0.489 e. The van der Waals surface area contributed by atoms with E-state index < -0.39 is 7.12 Å². The van der Waals surface area contributed by atoms with Crippen LogP contribution in [0.5, 0.6) is 0 Å². The van der Waals surface area contributed by atoms with E-state index in [9.17, 15) is 0 Å². The molecule has 0 saturated heterocycles. The second kappa shape index (κ2) is 3.61. The molecule has 0 aliphatic rings. The monoisotopic (exact) mass is 206 g/mol. The lowest BCUT2D eigenvalue weighted by Gasteiger charge is -2.05. The van der Waals surface area contributed by atoms with Crippen LogP contribution >= 0.6 is 11.6 Å². The van der Waals surface area contributed by atoms with Crippen molar-refractivity contribution in [3.05, 3.63) is 41.4 Å². The zero-order chi connectivity index (χ0) is 10.1. The molecule has 0 atom stereocenters. The summed E-state index contributed by atoms with van der Waals surface area (Å²) in [6.07, 6.45) is 0. The van der Waals surface area contributed by atoms with Gasteiger partial charge in [-0.1, -0.05) is 41.9 Å². The summed E-state index contributed by atoms with van der Waals surface area (Å²) in [5.41, 5.74) is 0.477. The second-order valence-electron chi connectivity index (χ2n) is 3.06. The van der Waals surface area contributed by atoms with Crippen molar-refractivity contribution in [3.63, 3.8) is 0 Å². The Kier molecular flexibility index (Phi) is 2.46. The van der Waals surface area contributed by atoms with E-state index in [4.69, 9.17) is 21.6 Å². The quantitative estimate of drug-likeness (QED) is 0.688. The highest BCUT2D eigenvalue weighted by molar-refractivity contribution is 6.62. The van der Waals surface area contributed by atoms with Gasteiger partial charge in [-0.2, -0.15) is 0 Å². The third-order valence-electron chi connectivity index (χ3n) is 2.18. The first kappa shape index (κ1) is 9.53. The van der Waals surface area contributed by atoms with E-state index in [0.29, 0.717) is 10.5 Å². The molecule has 14 heavy (non-hydrogen) atoms. The Morgan fingerprint density at radius 2 is 1.57 bits per heavy atom. The normalized spacial score (nSPS) is 10.5. The van der Waals surface area contributed by atoms with E-state index in [1.165, 1.54) is 0 Å². The molecule has 2 aromatic carbocycles. The van der Waals surface area contributed by atoms with E-state index in [1.807, 2.05) is 12.1 Å². The number of fused-ring (bicyclic) bond motifs is 1. The van der Waals surface area contributed by atoms with Gasteiger partial charge in [0.25, 0.3) is 0 Å². The van der Waals surface area contributed by atoms with Crippen LogP contribution in [0.1, 0.15) is 0 Å². The lowest BCUT2D eigenvalue weighted by molar-refractivity contribution is 0.426. The predicted octanol–water partition coefficient (Wildman–Crippen LogP) is 1.17. The molecule has 0 unspecified atom stereocenters. The third kappa shape index (κ3) is 1.50. The number of rotatable bonds is 1. The van der Waals surface area contributed by atoms with Crippen LogP contribution in [-0.2, 0) is 0 Å². The van der Waals surface area contributed by atoms with Gasteiger partial charge in [-0.25, -0.2) is 0 Å². The van der Waals surface area contributed by atoms with Gasteiger partial charge < -0.3 is 10.0 Å². The van der Waals surface area contributed by atoms with Gasteiger partial charge in [0.15, 0.2) is 0 Å². The van der Waals surface area contributed by atoms with Crippen molar-refractivity contribution in [1.82, 2.24) is 0 Å². The summed E-state index contributed by atoms with van der Waals surface area (Å²) in [6.45, 7) is 0. The minimum atomic E-state index is -1.46. The highest BCUT2D eigenvalue weighted by Crippen LogP contribution is 2.21. The average molecular weight is 206 g/mol. The first-order chi connectivity index (χ1) is 6.70. The Morgan fingerprint density at radius 1 is 0.929 bits per heavy atom. The number of hydrogen-bond donors (Lipinski definition) is 2. The Bertz CT molecular complexity index is 471. The lowest BCUT2D eigenvalue weighted by atomic mass is 9.77. The van der Waals surface area contributed by atoms with Crippen LogP contribution in [0.2, 0.25) is 5.02 Å². The molecule has 2 aromatic rings. The van der Waals surface area contributed by atoms with Crippen molar-refractivity contribution in [2.45, 2.75) is 0 Å². The van der Waals surface area contributed by atoms with Gasteiger partial charge in [-0.3, -0.25) is 0 Å². The highest BCUT2D eigenvalue weighted by atomic mass is 35.5. The van der Waals surface area contributed by atoms with Crippen LogP contribution in [0.25, 0.3) is 10.8 Å². The van der Waals surface area contributed by atoms with Gasteiger partial charge in [0.1, 0.15) is 0 Å². The first-order valence-electron chi connectivity index (χ1n) is 4.23. The molecule has 0 fully saturated rings. The molecule has 0 aliphatic heterocycles. The molecular formula is C10H8BClO2. The van der Waals surface area contributed by atoms with Crippen molar-refractivity contribution in [1.29, 1.82) is 0 Å². The van der Waals surface area contributed by atoms with Gasteiger partial charge in [0.2, 0.25) is 0 Å². The Labute approximate surface area is 86.9 Å². The maximum atomic E-state index is 9.13. The van der Waals surface area contributed by atoms with Crippen LogP contribution in [-0.4, -0.2) is 17.2 Å². The summed E-state index contributed by atoms with van der Waals surface area (Å²) in [5, 5.41) is 20.5. The van der Waals surface area contributed by atoms with E-state index in [-0.39, 0.29) is 0 Å². The summed E-state index contributed by atoms with van der Waals surface area (Å²) in [5.74, 6) is 0. The maximum absolute atomic E-state index is 9.13. The zero-order valence-electron chi connectivity index (χ0n) is 7.31. The lowest BCUT2D eigenvalue weighted by Crippen LogP contribution is -2.30. The molecule has 0 aromatic heterocycles. The summed E-state index contributed by atoms with van der Waals surface area (Å²) in [7, 11) is -1.46. The Balaban J connectivity index is 2.81. The molecule has 0 amide bonds. The first-order valence-corrected chi connectivity index (χ1v) is 4.61. The van der Waals surface area contributed by atoms with Crippen molar-refractivity contribution < 1.29 is 10.0 Å². The fourth-order valence-electron chi connectivity index (χ4n) is 1.52. The van der Waals surface area contributed by atoms with E-state index >= 15 is 0 Å². The summed E-state index contributed by atoms with van der Waals surface area (Å²) in [4.78, 5) is 0. The standard InChI is InChI=1S/C10H8BClO2/c12-10-6-2-3-7-8(10)4-1-5-9(7)11(13)14/h1-6,13-14H. The molecule has 0 saturated carbocycles. The molecular weight excluding hydrogens is 198 g/mol. The molecule has 70 valence electrons. The number of benzene rings is 2. The van der Waals surface area contributed by atoms with Gasteiger partial charge in [0.05, 0.1) is 0 Å². The van der Waals surface area contributed by atoms with Crippen LogP contribution in [0.3, 0.4) is 0 Å². The summed E-state index contributed by atoms with van der Waals surface area (Å²) in [6, 6.07) is 10.7. The van der Waals surface area contributed by atoms with Crippen molar-refractivity contribution in [3.8, 4) is 0 Å². The number of hydrogen-bond acceptors (Lipinski definition) is 2. The van der Waals surface area contributed by atoms with E-state index in [1.54, 1.807) is 24.3 Å². The van der Waals surface area contributed by atoms with Gasteiger partial charge in [-0.15, -0.1) is 0 Å². The molecule has 2 N–H and O–H groups in total. The van der Waals surface area contributed by atoms with Crippen molar-refractivity contribution in [2.75, 3.05) is 0 Å². The molecule has 0 radical (unpaired) electrons. The Morgan fingerprint density at radius 3 is 2.29 bits per heavy atom. The second-order valence-corrected chi connectivity index (χ2v) is 3.46. The van der Waals surface area contributed by atoms with Gasteiger partial charge in [0, 0.05) is 5.02 Å². The average Bonchev–Trinajstić information content (AvgIpc) is 2.17. The minimum absolute atomic E-state index is 0.477. The van der Waals surface area contributed by atoms with Gasteiger partial charge >= 0.3 is 7.12 Å². The molecule has 4 heteroatoms. The molecule has 2 rings (SSSR count). The molecule has 0 aliphatic carbocycles. The van der Waals surface area contributed by atoms with E-state index in [0.717, 1.165) is 10.8 Å². The third-order valence-corrected chi connectivity index (χ3v) is 2.51. The SMILES string of the molecule is OB(O)c1cccc2c(Cl)cccc12. The van der Waals surface area contributed by atoms with Crippen LogP contribution < -0.4 is 5.46 Å². The summed E-state index contributed by atoms with van der Waals surface area (Å²) < 4.78 is 0. The van der Waals surface area contributed by atoms with Crippen LogP contribution in [0.15, 0.2) is 36.4 Å². The van der Waals surface area contributed by atoms with Gasteiger partial charge in [-0.05, 0) is 22.3 Å². The topological polar surface area (TPSA) is 40.5 Å². The molecule has 0 heterocycles. The number of halogens is 1. The highest BCUT2D eigenvalue weighted by Gasteiger charge is 2.14. The molecule has 0 bridgehead atoms. The smallest absolute Gasteiger partial charge is 0.423 e. The maximum Gasteiger partial charge on any atom is 0.489 e. The molecule has 0 spiro atoms. The van der Waals surface area contributed by atoms with Crippen LogP contribution in [0, 0.1) is 0 Å². The minimum Gasteiger partial charge on any atom is -0.423 e.